The summed E-state index contributed by atoms with van der Waals surface area (Å²) in [6, 6.07) is 7.44. The molecule has 3 aromatic heterocycles. The minimum absolute atomic E-state index is 0.0609. The molecule has 0 aliphatic rings. The number of primary amides is 1. The molecular weight excluding hydrogens is 260 g/mol. The molecule has 0 unspecified atom stereocenters. The second kappa shape index (κ2) is 3.44. The summed E-state index contributed by atoms with van der Waals surface area (Å²) in [7, 11) is 0. The molecule has 1 aromatic carbocycles. The summed E-state index contributed by atoms with van der Waals surface area (Å²) in [5.74, 6) is -0.741. The van der Waals surface area contributed by atoms with Gasteiger partial charge in [-0.1, -0.05) is 18.2 Å². The van der Waals surface area contributed by atoms with Gasteiger partial charge in [0.2, 0.25) is 0 Å². The van der Waals surface area contributed by atoms with Crippen molar-refractivity contribution in [3.8, 4) is 0 Å². The standard InChI is InChI=1S/C12H8N6O2/c13-10(19)8-11-15-12(20)7-9(18(11)17-16-8)5-3-1-2-4-6(5)14-7/h1-4,14,17H,(H2,13,19). The maximum atomic E-state index is 12.1. The van der Waals surface area contributed by atoms with Crippen molar-refractivity contribution in [1.82, 2.24) is 24.8 Å². The predicted octanol–water partition coefficient (Wildman–Crippen LogP) is 0.151. The molecule has 8 heteroatoms. The molecular formula is C12H8N6O2. The van der Waals surface area contributed by atoms with Gasteiger partial charge in [0.15, 0.2) is 11.3 Å². The van der Waals surface area contributed by atoms with Crippen LogP contribution in [0.4, 0.5) is 0 Å². The zero-order valence-electron chi connectivity index (χ0n) is 10.0. The third-order valence-electron chi connectivity index (χ3n) is 3.24. The van der Waals surface area contributed by atoms with Gasteiger partial charge in [-0.05, 0) is 6.07 Å². The van der Waals surface area contributed by atoms with Crippen molar-refractivity contribution in [2.75, 3.05) is 0 Å². The van der Waals surface area contributed by atoms with Crippen molar-refractivity contribution in [2.24, 2.45) is 5.73 Å². The summed E-state index contributed by atoms with van der Waals surface area (Å²) in [6.07, 6.45) is 0. The van der Waals surface area contributed by atoms with Crippen molar-refractivity contribution in [1.29, 1.82) is 0 Å². The molecule has 0 bridgehead atoms. The third kappa shape index (κ3) is 1.19. The fourth-order valence-electron chi connectivity index (χ4n) is 2.39. The van der Waals surface area contributed by atoms with Gasteiger partial charge >= 0.3 is 0 Å². The van der Waals surface area contributed by atoms with Crippen LogP contribution in [0.15, 0.2) is 29.1 Å². The number of H-pyrrole nitrogens is 2. The predicted molar refractivity (Wildman–Crippen MR) is 71.5 cm³/mol. The molecule has 0 spiro atoms. The summed E-state index contributed by atoms with van der Waals surface area (Å²) >= 11 is 0. The van der Waals surface area contributed by atoms with Crippen LogP contribution in [0.2, 0.25) is 0 Å². The number of fused-ring (bicyclic) bond motifs is 5. The molecule has 4 aromatic rings. The lowest BCUT2D eigenvalue weighted by Crippen LogP contribution is -2.15. The van der Waals surface area contributed by atoms with Gasteiger partial charge in [0.25, 0.3) is 11.5 Å². The van der Waals surface area contributed by atoms with Crippen LogP contribution in [-0.4, -0.2) is 30.7 Å². The molecule has 20 heavy (non-hydrogen) atoms. The number of nitrogens with two attached hydrogens (primary N) is 1. The lowest BCUT2D eigenvalue weighted by atomic mass is 10.2. The van der Waals surface area contributed by atoms with Crippen LogP contribution in [0, 0.1) is 0 Å². The SMILES string of the molecule is NC(=O)c1n[nH]n2c1nc(=O)c1[nH]c3ccccc3c12. The zero-order valence-corrected chi connectivity index (χ0v) is 10.0. The Hall–Kier alpha value is -3.16. The van der Waals surface area contributed by atoms with E-state index in [-0.39, 0.29) is 11.3 Å². The lowest BCUT2D eigenvalue weighted by Gasteiger charge is -1.96. The number of aromatic amines is 2. The minimum atomic E-state index is -0.741. The molecule has 3 heterocycles. The number of hydrogen-bond donors (Lipinski definition) is 3. The van der Waals surface area contributed by atoms with Gasteiger partial charge in [-0.2, -0.15) is 4.98 Å². The number of nitrogens with zero attached hydrogens (tertiary/aromatic N) is 3. The average molecular weight is 268 g/mol. The molecule has 98 valence electrons. The number of nitrogens with one attached hydrogen (secondary N) is 2. The molecule has 4 N–H and O–H groups in total. The fraction of sp³-hybridized carbons (Fsp3) is 0. The molecule has 4 rings (SSSR count). The Morgan fingerprint density at radius 3 is 2.90 bits per heavy atom. The summed E-state index contributed by atoms with van der Waals surface area (Å²) in [5, 5.41) is 7.31. The molecule has 0 saturated carbocycles. The molecule has 0 atom stereocenters. The molecule has 0 saturated heterocycles. The van der Waals surface area contributed by atoms with E-state index in [4.69, 9.17) is 5.73 Å². The Bertz CT molecular complexity index is 1050. The topological polar surface area (TPSA) is 122 Å². The van der Waals surface area contributed by atoms with Gasteiger partial charge in [0.05, 0.1) is 0 Å². The summed E-state index contributed by atoms with van der Waals surface area (Å²) in [4.78, 5) is 30.3. The van der Waals surface area contributed by atoms with E-state index in [2.05, 4.69) is 20.3 Å². The van der Waals surface area contributed by atoms with Crippen LogP contribution in [0.5, 0.6) is 0 Å². The molecule has 1 amide bonds. The van der Waals surface area contributed by atoms with Crippen molar-refractivity contribution < 1.29 is 4.79 Å². The Morgan fingerprint density at radius 1 is 1.30 bits per heavy atom. The van der Waals surface area contributed by atoms with Crippen LogP contribution < -0.4 is 11.3 Å². The van der Waals surface area contributed by atoms with E-state index in [0.717, 1.165) is 10.9 Å². The highest BCUT2D eigenvalue weighted by atomic mass is 16.1. The van der Waals surface area contributed by atoms with Crippen LogP contribution in [0.25, 0.3) is 27.6 Å². The van der Waals surface area contributed by atoms with Crippen LogP contribution >= 0.6 is 0 Å². The molecule has 0 aliphatic heterocycles. The van der Waals surface area contributed by atoms with Gasteiger partial charge in [0, 0.05) is 10.9 Å². The molecule has 0 fully saturated rings. The highest BCUT2D eigenvalue weighted by Crippen LogP contribution is 2.23. The summed E-state index contributed by atoms with van der Waals surface area (Å²) in [6.45, 7) is 0. The number of carbonyl (C=O) groups excluding carboxylic acids is 1. The van der Waals surface area contributed by atoms with Crippen molar-refractivity contribution in [3.63, 3.8) is 0 Å². The second-order valence-corrected chi connectivity index (χ2v) is 4.39. The van der Waals surface area contributed by atoms with E-state index in [9.17, 15) is 9.59 Å². The van der Waals surface area contributed by atoms with Gasteiger partial charge in [-0.25, -0.2) is 9.73 Å². The summed E-state index contributed by atoms with van der Waals surface area (Å²) in [5.41, 5.74) is 6.57. The van der Waals surface area contributed by atoms with Gasteiger partial charge in [-0.3, -0.25) is 9.59 Å². The largest absolute Gasteiger partial charge is 0.364 e. The Balaban J connectivity index is 2.35. The number of carbonyl (C=O) groups is 1. The first-order valence-corrected chi connectivity index (χ1v) is 5.84. The number of hydrogen-bond acceptors (Lipinski definition) is 4. The van der Waals surface area contributed by atoms with Gasteiger partial charge in [-0.15, -0.1) is 5.10 Å². The monoisotopic (exact) mass is 268 g/mol. The Kier molecular flexibility index (Phi) is 1.85. The first-order chi connectivity index (χ1) is 9.66. The van der Waals surface area contributed by atoms with E-state index >= 15 is 0 Å². The van der Waals surface area contributed by atoms with Crippen LogP contribution in [0.1, 0.15) is 10.5 Å². The minimum Gasteiger partial charge on any atom is -0.364 e. The maximum Gasteiger partial charge on any atom is 0.297 e. The normalized spacial score (nSPS) is 11.6. The van der Waals surface area contributed by atoms with E-state index in [1.54, 1.807) is 0 Å². The van der Waals surface area contributed by atoms with E-state index in [0.29, 0.717) is 11.0 Å². The highest BCUT2D eigenvalue weighted by molar-refractivity contribution is 6.06. The Morgan fingerprint density at radius 2 is 2.10 bits per heavy atom. The number of rotatable bonds is 1. The fourth-order valence-corrected chi connectivity index (χ4v) is 2.39. The second-order valence-electron chi connectivity index (χ2n) is 4.39. The zero-order chi connectivity index (χ0) is 13.9. The number of aromatic nitrogens is 5. The number of amides is 1. The first-order valence-electron chi connectivity index (χ1n) is 5.84. The summed E-state index contributed by atoms with van der Waals surface area (Å²) < 4.78 is 1.48. The van der Waals surface area contributed by atoms with Gasteiger partial charge in [0.1, 0.15) is 11.0 Å². The molecule has 0 radical (unpaired) electrons. The highest BCUT2D eigenvalue weighted by Gasteiger charge is 2.18. The lowest BCUT2D eigenvalue weighted by molar-refractivity contribution is 0.0997. The van der Waals surface area contributed by atoms with E-state index in [1.807, 2.05) is 24.3 Å². The quantitative estimate of drug-likeness (QED) is 0.454. The van der Waals surface area contributed by atoms with E-state index < -0.39 is 11.5 Å². The van der Waals surface area contributed by atoms with Crippen molar-refractivity contribution in [3.05, 3.63) is 40.3 Å². The van der Waals surface area contributed by atoms with Gasteiger partial charge < -0.3 is 10.7 Å². The number of para-hydroxylation sites is 1. The third-order valence-corrected chi connectivity index (χ3v) is 3.24. The molecule has 0 aliphatic carbocycles. The Labute approximate surface area is 110 Å². The smallest absolute Gasteiger partial charge is 0.297 e. The van der Waals surface area contributed by atoms with Crippen LogP contribution in [-0.2, 0) is 0 Å². The van der Waals surface area contributed by atoms with Crippen LogP contribution in [0.3, 0.4) is 0 Å². The van der Waals surface area contributed by atoms with E-state index in [1.165, 1.54) is 4.52 Å². The first kappa shape index (κ1) is 10.7. The average Bonchev–Trinajstić information content (AvgIpc) is 2.99. The van der Waals surface area contributed by atoms with Crippen molar-refractivity contribution >= 4 is 33.5 Å². The number of benzene rings is 1. The molecule has 8 nitrogen and oxygen atoms in total. The van der Waals surface area contributed by atoms with Crippen molar-refractivity contribution in [2.45, 2.75) is 0 Å². The maximum absolute atomic E-state index is 12.1.